The standard InChI is InChI=1S/C14H14Cl2N2O2S/c15-12-4-5-14(16)11(7-12)9-18-8-10-2-1-3-13(6-10)21(17,19)20/h1-7,18H,8-9H2,(H2,17,19,20). The van der Waals surface area contributed by atoms with Crippen LogP contribution in [-0.2, 0) is 23.1 Å². The van der Waals surface area contributed by atoms with E-state index in [1.54, 1.807) is 30.3 Å². The van der Waals surface area contributed by atoms with Crippen LogP contribution in [0.1, 0.15) is 11.1 Å². The Morgan fingerprint density at radius 3 is 2.52 bits per heavy atom. The lowest BCUT2D eigenvalue weighted by atomic mass is 10.2. The largest absolute Gasteiger partial charge is 0.309 e. The van der Waals surface area contributed by atoms with Crippen molar-refractivity contribution in [1.82, 2.24) is 5.32 Å². The van der Waals surface area contributed by atoms with Gasteiger partial charge in [-0.3, -0.25) is 0 Å². The van der Waals surface area contributed by atoms with Gasteiger partial charge in [0.15, 0.2) is 0 Å². The van der Waals surface area contributed by atoms with Gasteiger partial charge in [0.05, 0.1) is 4.90 Å². The molecule has 2 aromatic rings. The third-order valence-corrected chi connectivity index (χ3v) is 4.39. The van der Waals surface area contributed by atoms with E-state index in [0.717, 1.165) is 11.1 Å². The molecule has 21 heavy (non-hydrogen) atoms. The third-order valence-electron chi connectivity index (χ3n) is 2.88. The number of primary sulfonamides is 1. The first-order valence-electron chi connectivity index (χ1n) is 6.12. The first kappa shape index (κ1) is 16.3. The van der Waals surface area contributed by atoms with Crippen LogP contribution in [0.5, 0.6) is 0 Å². The monoisotopic (exact) mass is 344 g/mol. The van der Waals surface area contributed by atoms with Crippen molar-refractivity contribution in [3.8, 4) is 0 Å². The lowest BCUT2D eigenvalue weighted by Crippen LogP contribution is -2.15. The predicted molar refractivity (Wildman–Crippen MR) is 84.8 cm³/mol. The fourth-order valence-electron chi connectivity index (χ4n) is 1.85. The summed E-state index contributed by atoms with van der Waals surface area (Å²) < 4.78 is 22.6. The minimum absolute atomic E-state index is 0.0996. The Kier molecular flexibility index (Phi) is 5.24. The smallest absolute Gasteiger partial charge is 0.238 e. The molecule has 4 nitrogen and oxygen atoms in total. The zero-order valence-corrected chi connectivity index (χ0v) is 13.3. The zero-order valence-electron chi connectivity index (χ0n) is 11.0. The van der Waals surface area contributed by atoms with Crippen molar-refractivity contribution in [2.45, 2.75) is 18.0 Å². The third kappa shape index (κ3) is 4.69. The first-order valence-corrected chi connectivity index (χ1v) is 8.43. The van der Waals surface area contributed by atoms with E-state index in [-0.39, 0.29) is 4.90 Å². The van der Waals surface area contributed by atoms with E-state index in [9.17, 15) is 8.42 Å². The minimum Gasteiger partial charge on any atom is -0.309 e. The summed E-state index contributed by atoms with van der Waals surface area (Å²) in [7, 11) is -3.68. The minimum atomic E-state index is -3.68. The van der Waals surface area contributed by atoms with Gasteiger partial charge in [0.25, 0.3) is 0 Å². The van der Waals surface area contributed by atoms with Crippen molar-refractivity contribution < 1.29 is 8.42 Å². The van der Waals surface area contributed by atoms with Crippen LogP contribution in [0, 0.1) is 0 Å². The molecule has 0 saturated carbocycles. The van der Waals surface area contributed by atoms with E-state index >= 15 is 0 Å². The first-order chi connectivity index (χ1) is 9.86. The molecule has 7 heteroatoms. The zero-order chi connectivity index (χ0) is 15.5. The van der Waals surface area contributed by atoms with Gasteiger partial charge >= 0.3 is 0 Å². The van der Waals surface area contributed by atoms with E-state index in [2.05, 4.69) is 5.32 Å². The molecule has 0 aliphatic rings. The molecule has 0 atom stereocenters. The number of halogens is 2. The molecule has 2 rings (SSSR count). The summed E-state index contributed by atoms with van der Waals surface area (Å²) >= 11 is 12.0. The van der Waals surface area contributed by atoms with Crippen LogP contribution in [0.4, 0.5) is 0 Å². The van der Waals surface area contributed by atoms with Crippen LogP contribution in [-0.4, -0.2) is 8.42 Å². The molecule has 0 radical (unpaired) electrons. The predicted octanol–water partition coefficient (Wildman–Crippen LogP) is 2.93. The Bertz CT molecular complexity index is 748. The fraction of sp³-hybridized carbons (Fsp3) is 0.143. The number of hydrogen-bond donors (Lipinski definition) is 2. The molecule has 3 N–H and O–H groups in total. The van der Waals surface area contributed by atoms with Crippen molar-refractivity contribution >= 4 is 33.2 Å². The van der Waals surface area contributed by atoms with Crippen LogP contribution in [0.3, 0.4) is 0 Å². The average molecular weight is 345 g/mol. The lowest BCUT2D eigenvalue weighted by Gasteiger charge is -2.08. The quantitative estimate of drug-likeness (QED) is 0.875. The van der Waals surface area contributed by atoms with E-state index in [1.807, 2.05) is 6.07 Å². The van der Waals surface area contributed by atoms with Gasteiger partial charge in [-0.05, 0) is 41.5 Å². The number of benzene rings is 2. The van der Waals surface area contributed by atoms with Gasteiger partial charge < -0.3 is 5.32 Å². The summed E-state index contributed by atoms with van der Waals surface area (Å²) in [6.45, 7) is 1.02. The molecule has 0 saturated heterocycles. The highest BCUT2D eigenvalue weighted by Crippen LogP contribution is 2.20. The molecule has 0 aliphatic heterocycles. The van der Waals surface area contributed by atoms with Gasteiger partial charge in [-0.15, -0.1) is 0 Å². The summed E-state index contributed by atoms with van der Waals surface area (Å²) in [5.74, 6) is 0. The second-order valence-corrected chi connectivity index (χ2v) is 6.94. The van der Waals surface area contributed by atoms with E-state index in [1.165, 1.54) is 6.07 Å². The molecule has 0 bridgehead atoms. The second-order valence-electron chi connectivity index (χ2n) is 4.53. The van der Waals surface area contributed by atoms with Gasteiger partial charge in [0, 0.05) is 23.1 Å². The van der Waals surface area contributed by atoms with Gasteiger partial charge in [-0.25, -0.2) is 13.6 Å². The van der Waals surface area contributed by atoms with E-state index < -0.39 is 10.0 Å². The summed E-state index contributed by atoms with van der Waals surface area (Å²) in [6.07, 6.45) is 0. The van der Waals surface area contributed by atoms with Crippen LogP contribution in [0.2, 0.25) is 10.0 Å². The maximum atomic E-state index is 11.3. The van der Waals surface area contributed by atoms with Crippen molar-refractivity contribution in [2.75, 3.05) is 0 Å². The van der Waals surface area contributed by atoms with Crippen molar-refractivity contribution in [1.29, 1.82) is 0 Å². The van der Waals surface area contributed by atoms with E-state index in [0.29, 0.717) is 23.1 Å². The SMILES string of the molecule is NS(=O)(=O)c1cccc(CNCc2cc(Cl)ccc2Cl)c1. The van der Waals surface area contributed by atoms with E-state index in [4.69, 9.17) is 28.3 Å². The molecule has 0 amide bonds. The van der Waals surface area contributed by atoms with Gasteiger partial charge in [-0.2, -0.15) is 0 Å². The van der Waals surface area contributed by atoms with Crippen LogP contribution < -0.4 is 10.5 Å². The van der Waals surface area contributed by atoms with Gasteiger partial charge in [0.1, 0.15) is 0 Å². The highest BCUT2D eigenvalue weighted by molar-refractivity contribution is 7.89. The normalized spacial score (nSPS) is 11.6. The molecule has 2 aromatic carbocycles. The molecule has 0 aliphatic carbocycles. The van der Waals surface area contributed by atoms with Crippen LogP contribution in [0.25, 0.3) is 0 Å². The summed E-state index contributed by atoms with van der Waals surface area (Å²) in [5.41, 5.74) is 1.70. The number of hydrogen-bond acceptors (Lipinski definition) is 3. The van der Waals surface area contributed by atoms with Crippen LogP contribution in [0.15, 0.2) is 47.4 Å². The molecular formula is C14H14Cl2N2O2S. The molecule has 0 fully saturated rings. The summed E-state index contributed by atoms with van der Waals surface area (Å²) in [4.78, 5) is 0.0996. The van der Waals surface area contributed by atoms with Crippen molar-refractivity contribution in [3.63, 3.8) is 0 Å². The number of sulfonamides is 1. The van der Waals surface area contributed by atoms with Gasteiger partial charge in [0.2, 0.25) is 10.0 Å². The van der Waals surface area contributed by atoms with Crippen LogP contribution >= 0.6 is 23.2 Å². The molecule has 112 valence electrons. The lowest BCUT2D eigenvalue weighted by molar-refractivity contribution is 0.597. The highest BCUT2D eigenvalue weighted by atomic mass is 35.5. The topological polar surface area (TPSA) is 72.2 Å². The highest BCUT2D eigenvalue weighted by Gasteiger charge is 2.08. The maximum Gasteiger partial charge on any atom is 0.238 e. The summed E-state index contributed by atoms with van der Waals surface area (Å²) in [6, 6.07) is 11.7. The van der Waals surface area contributed by atoms with Crippen molar-refractivity contribution in [2.24, 2.45) is 5.14 Å². The maximum absolute atomic E-state index is 11.3. The Balaban J connectivity index is 2.02. The Morgan fingerprint density at radius 2 is 1.81 bits per heavy atom. The number of nitrogens with one attached hydrogen (secondary N) is 1. The molecule has 0 unspecified atom stereocenters. The van der Waals surface area contributed by atoms with Crippen molar-refractivity contribution in [3.05, 3.63) is 63.6 Å². The number of rotatable bonds is 5. The molecule has 0 aromatic heterocycles. The molecular weight excluding hydrogens is 331 g/mol. The Labute approximate surface area is 133 Å². The Hall–Kier alpha value is -1.11. The molecule has 0 spiro atoms. The van der Waals surface area contributed by atoms with Gasteiger partial charge in [-0.1, -0.05) is 35.3 Å². The number of nitrogens with two attached hydrogens (primary N) is 1. The fourth-order valence-corrected chi connectivity index (χ4v) is 2.82. The Morgan fingerprint density at radius 1 is 1.05 bits per heavy atom. The molecule has 0 heterocycles. The second kappa shape index (κ2) is 6.77. The average Bonchev–Trinajstić information content (AvgIpc) is 2.42. The summed E-state index contributed by atoms with van der Waals surface area (Å²) in [5, 5.41) is 9.54.